The molecular formula is C17H20N8O7S2. The zero-order valence-corrected chi connectivity index (χ0v) is 19.2. The molecule has 0 saturated carbocycles. The number of thiazole rings is 1. The summed E-state index contributed by atoms with van der Waals surface area (Å²) in [6.07, 6.45) is 2.17. The molecule has 0 bridgehead atoms. The number of nitrogens with one attached hydrogen (secondary N) is 1. The maximum atomic E-state index is 12.8. The fourth-order valence-corrected chi connectivity index (χ4v) is 4.47. The Morgan fingerprint density at radius 3 is 2.59 bits per heavy atom. The average molecular weight is 513 g/mol. The summed E-state index contributed by atoms with van der Waals surface area (Å²) in [5.41, 5.74) is 11.0. The number of Topliss-reactive ketones (excluding diaryl/α,β-unsaturated/α-hetero) is 1. The number of carbonyl (C=O) groups is 2. The largest absolute Gasteiger partial charge is 0.473 e. The van der Waals surface area contributed by atoms with Crippen LogP contribution in [0.4, 0.5) is 5.13 Å². The van der Waals surface area contributed by atoms with Gasteiger partial charge in [-0.3, -0.25) is 19.6 Å². The molecule has 0 unspecified atom stereocenters. The lowest BCUT2D eigenvalue weighted by Gasteiger charge is -2.41. The molecule has 1 aliphatic rings. The van der Waals surface area contributed by atoms with E-state index in [9.17, 15) is 18.0 Å². The Kier molecular flexibility index (Phi) is 7.38. The van der Waals surface area contributed by atoms with Crippen molar-refractivity contribution in [2.24, 2.45) is 16.8 Å². The van der Waals surface area contributed by atoms with Gasteiger partial charge in [0.2, 0.25) is 11.8 Å². The minimum atomic E-state index is -4.70. The van der Waals surface area contributed by atoms with Crippen LogP contribution in [0.1, 0.15) is 24.7 Å². The van der Waals surface area contributed by atoms with Crippen molar-refractivity contribution in [3.05, 3.63) is 29.2 Å². The number of nitrogens with two attached hydrogens (primary N) is 2. The Bertz CT molecular complexity index is 1230. The van der Waals surface area contributed by atoms with E-state index in [2.05, 4.69) is 20.1 Å². The molecule has 1 fully saturated rings. The predicted molar refractivity (Wildman–Crippen MR) is 119 cm³/mol. The molecule has 2 aromatic rings. The van der Waals surface area contributed by atoms with Crippen LogP contribution >= 0.6 is 11.3 Å². The van der Waals surface area contributed by atoms with Gasteiger partial charge >= 0.3 is 10.3 Å². The van der Waals surface area contributed by atoms with Crippen LogP contribution < -0.4 is 16.2 Å². The third kappa shape index (κ3) is 5.61. The second kappa shape index (κ2) is 10.1. The number of aromatic nitrogens is 3. The molecular weight excluding hydrogens is 492 g/mol. The van der Waals surface area contributed by atoms with Crippen LogP contribution in [-0.2, 0) is 24.7 Å². The summed E-state index contributed by atoms with van der Waals surface area (Å²) >= 11 is 1.06. The van der Waals surface area contributed by atoms with Crippen molar-refractivity contribution in [3.63, 3.8) is 0 Å². The van der Waals surface area contributed by atoms with Gasteiger partial charge in [-0.05, 0) is 6.92 Å². The van der Waals surface area contributed by atoms with Gasteiger partial charge in [-0.2, -0.15) is 8.42 Å². The topological polar surface area (TPSA) is 237 Å². The number of anilines is 1. The zero-order chi connectivity index (χ0) is 25.0. The number of ether oxygens (including phenoxy) is 1. The first-order chi connectivity index (χ1) is 16.0. The van der Waals surface area contributed by atoms with E-state index in [4.69, 9.17) is 31.0 Å². The normalized spacial score (nSPS) is 18.4. The Labute approximate surface area is 197 Å². The van der Waals surface area contributed by atoms with Crippen LogP contribution in [0.3, 0.4) is 0 Å². The molecule has 0 spiro atoms. The highest BCUT2D eigenvalue weighted by atomic mass is 32.2. The van der Waals surface area contributed by atoms with Gasteiger partial charge < -0.3 is 21.0 Å². The van der Waals surface area contributed by atoms with Crippen molar-refractivity contribution >= 4 is 50.0 Å². The van der Waals surface area contributed by atoms with Gasteiger partial charge in [-0.1, -0.05) is 5.16 Å². The fraction of sp³-hybridized carbons (Fsp3) is 0.353. The van der Waals surface area contributed by atoms with E-state index in [1.54, 1.807) is 0 Å². The van der Waals surface area contributed by atoms with E-state index in [1.807, 2.05) is 0 Å². The Morgan fingerprint density at radius 1 is 1.32 bits per heavy atom. The number of β-lactam (4-membered cyclic amide) rings is 1. The molecule has 15 nitrogen and oxygen atoms in total. The lowest BCUT2D eigenvalue weighted by atomic mass is 9.86. The number of amidine groups is 1. The number of rotatable bonds is 11. The second-order valence-electron chi connectivity index (χ2n) is 6.93. The highest BCUT2D eigenvalue weighted by Crippen LogP contribution is 2.32. The van der Waals surface area contributed by atoms with Crippen molar-refractivity contribution < 1.29 is 32.1 Å². The quantitative estimate of drug-likeness (QED) is 0.0723. The Balaban J connectivity index is 1.61. The number of hydrogen-bond donors (Lipinski definition) is 4. The molecule has 0 aliphatic carbocycles. The summed E-state index contributed by atoms with van der Waals surface area (Å²) in [6, 6.07) is -0.905. The molecule has 2 atom stereocenters. The predicted octanol–water partition coefficient (Wildman–Crippen LogP) is -0.792. The number of hydrogen-bond acceptors (Lipinski definition) is 13. The first-order valence-electron chi connectivity index (χ1n) is 9.53. The molecule has 17 heteroatoms. The number of ketones is 1. The summed E-state index contributed by atoms with van der Waals surface area (Å²) in [5.74, 6) is -2.57. The molecule has 0 radical (unpaired) electrons. The molecule has 0 aromatic carbocycles. The second-order valence-corrected chi connectivity index (χ2v) is 9.11. The first-order valence-corrected chi connectivity index (χ1v) is 11.8. The molecule has 1 saturated heterocycles. The average Bonchev–Trinajstić information content (AvgIpc) is 3.19. The van der Waals surface area contributed by atoms with Crippen molar-refractivity contribution in [2.75, 3.05) is 18.9 Å². The van der Waals surface area contributed by atoms with E-state index in [-0.39, 0.29) is 53.6 Å². The molecule has 2 aromatic heterocycles. The minimum absolute atomic E-state index is 0.0141. The first kappa shape index (κ1) is 24.9. The number of carbonyl (C=O) groups excluding carboxylic acids is 2. The monoisotopic (exact) mass is 512 g/mol. The number of oxime groups is 1. The van der Waals surface area contributed by atoms with Crippen molar-refractivity contribution in [2.45, 2.75) is 19.4 Å². The molecule has 1 aliphatic heterocycles. The molecule has 182 valence electrons. The third-order valence-electron chi connectivity index (χ3n) is 4.65. The highest BCUT2D eigenvalue weighted by molar-refractivity contribution is 7.84. The van der Waals surface area contributed by atoms with Crippen LogP contribution in [0.5, 0.6) is 5.88 Å². The van der Waals surface area contributed by atoms with Gasteiger partial charge in [0.15, 0.2) is 23.2 Å². The smallest absolute Gasteiger partial charge is 0.362 e. The zero-order valence-electron chi connectivity index (χ0n) is 17.6. The SMILES string of the molecule is C[C@H]1[C@H](CC(=O)/C(=N\OCCOc2cnc(C(=N)N)cn2)c2csc(N)n2)C(=O)N1S(=O)(=O)O. The highest BCUT2D eigenvalue weighted by Gasteiger charge is 2.51. The summed E-state index contributed by atoms with van der Waals surface area (Å²) in [7, 11) is -4.70. The van der Waals surface area contributed by atoms with Crippen molar-refractivity contribution in [3.8, 4) is 5.88 Å². The van der Waals surface area contributed by atoms with Crippen LogP contribution in [0.2, 0.25) is 0 Å². The minimum Gasteiger partial charge on any atom is -0.473 e. The molecule has 3 heterocycles. The Hall–Kier alpha value is -3.70. The summed E-state index contributed by atoms with van der Waals surface area (Å²) in [4.78, 5) is 41.9. The van der Waals surface area contributed by atoms with Gasteiger partial charge in [0.05, 0.1) is 24.4 Å². The van der Waals surface area contributed by atoms with E-state index in [1.165, 1.54) is 24.7 Å². The van der Waals surface area contributed by atoms with E-state index in [0.717, 1.165) is 11.3 Å². The lowest BCUT2D eigenvalue weighted by Crippen LogP contribution is -2.62. The molecule has 3 rings (SSSR count). The van der Waals surface area contributed by atoms with Crippen molar-refractivity contribution in [1.29, 1.82) is 5.41 Å². The van der Waals surface area contributed by atoms with Gasteiger partial charge in [0, 0.05) is 11.8 Å². The summed E-state index contributed by atoms with van der Waals surface area (Å²) in [5, 5.41) is 12.7. The third-order valence-corrected chi connectivity index (χ3v) is 6.34. The van der Waals surface area contributed by atoms with Gasteiger partial charge in [0.1, 0.15) is 23.8 Å². The maximum absolute atomic E-state index is 12.8. The number of nitrogen functional groups attached to an aromatic ring is 2. The fourth-order valence-electron chi connectivity index (χ4n) is 2.99. The van der Waals surface area contributed by atoms with Crippen LogP contribution in [-0.4, -0.2) is 74.7 Å². The number of amides is 1. The van der Waals surface area contributed by atoms with E-state index < -0.39 is 34.0 Å². The summed E-state index contributed by atoms with van der Waals surface area (Å²) < 4.78 is 37.2. The Morgan fingerprint density at radius 2 is 2.06 bits per heavy atom. The van der Waals surface area contributed by atoms with Crippen molar-refractivity contribution in [1.82, 2.24) is 19.3 Å². The maximum Gasteiger partial charge on any atom is 0.362 e. The van der Waals surface area contributed by atoms with Crippen LogP contribution in [0.25, 0.3) is 0 Å². The lowest BCUT2D eigenvalue weighted by molar-refractivity contribution is -0.147. The van der Waals surface area contributed by atoms with E-state index in [0.29, 0.717) is 4.31 Å². The van der Waals surface area contributed by atoms with Crippen LogP contribution in [0.15, 0.2) is 22.9 Å². The van der Waals surface area contributed by atoms with Gasteiger partial charge in [-0.15, -0.1) is 11.3 Å². The summed E-state index contributed by atoms with van der Waals surface area (Å²) in [6.45, 7) is 1.28. The number of nitrogens with zero attached hydrogens (tertiary/aromatic N) is 5. The standard InChI is InChI=1S/C17H20N8O7S2/c1-8-9(16(27)25(8)34(28,29)30)4-12(26)14(11-7-33-17(20)23-11)24-32-3-2-31-13-6-21-10(5-22-13)15(18)19/h5-9H,2-4H2,1H3,(H3,18,19)(H2,20,23)(H,28,29,30)/b24-14-/t8-,9-/m0/s1. The van der Waals surface area contributed by atoms with Gasteiger partial charge in [-0.25, -0.2) is 19.3 Å². The molecule has 1 amide bonds. The van der Waals surface area contributed by atoms with Crippen LogP contribution in [0, 0.1) is 11.3 Å². The van der Waals surface area contributed by atoms with Gasteiger partial charge in [0.25, 0.3) is 0 Å². The molecule has 34 heavy (non-hydrogen) atoms. The molecule has 6 N–H and O–H groups in total. The van der Waals surface area contributed by atoms with E-state index >= 15 is 0 Å².